The average molecular weight is 261 g/mol. The van der Waals surface area contributed by atoms with Gasteiger partial charge in [0.15, 0.2) is 16.2 Å². The number of methoxy groups -OCH3 is 1. The summed E-state index contributed by atoms with van der Waals surface area (Å²) < 4.78 is 10.1. The number of furan rings is 1. The first kappa shape index (κ1) is 11.1. The number of ether oxygens (including phenoxy) is 1. The van der Waals surface area contributed by atoms with E-state index in [0.29, 0.717) is 4.67 Å². The van der Waals surface area contributed by atoms with Crippen molar-refractivity contribution in [1.82, 2.24) is 0 Å². The van der Waals surface area contributed by atoms with Crippen LogP contribution in [0.15, 0.2) is 21.2 Å². The van der Waals surface area contributed by atoms with Gasteiger partial charge < -0.3 is 9.15 Å². The predicted octanol–water partition coefficient (Wildman–Crippen LogP) is 1.83. The summed E-state index contributed by atoms with van der Waals surface area (Å²) in [6.45, 7) is -0.0480. The molecule has 4 nitrogen and oxygen atoms in total. The van der Waals surface area contributed by atoms with Gasteiger partial charge in [0.05, 0.1) is 6.42 Å². The first-order chi connectivity index (χ1) is 6.63. The average Bonchev–Trinajstić information content (AvgIpc) is 2.52. The summed E-state index contributed by atoms with van der Waals surface area (Å²) in [7, 11) is 1.41. The van der Waals surface area contributed by atoms with Crippen molar-refractivity contribution in [3.05, 3.63) is 22.6 Å². The molecule has 0 unspecified atom stereocenters. The second-order valence-corrected chi connectivity index (χ2v) is 3.46. The maximum atomic E-state index is 11.4. The normalized spacial score (nSPS) is 10.1. The van der Waals surface area contributed by atoms with Crippen LogP contribution >= 0.6 is 15.9 Å². The lowest BCUT2D eigenvalue weighted by Crippen LogP contribution is -2.12. The Morgan fingerprint density at radius 1 is 1.50 bits per heavy atom. The summed E-state index contributed by atoms with van der Waals surface area (Å²) in [5, 5.41) is 0. The van der Waals surface area contributed by atoms with Gasteiger partial charge in [0.25, 0.3) is 0 Å². The van der Waals surface area contributed by atoms with E-state index in [4.69, 9.17) is 4.42 Å². The minimum absolute atomic E-state index is 0.0480. The van der Waals surface area contributed by atoms with Crippen molar-refractivity contribution >= 4 is 27.5 Å². The van der Waals surface area contributed by atoms with Crippen LogP contribution in [0, 0.1) is 0 Å². The number of halogens is 1. The van der Waals surface area contributed by atoms with Gasteiger partial charge in [0.2, 0.25) is 5.78 Å². The van der Waals surface area contributed by atoms with Crippen LogP contribution in [0.3, 0.4) is 0 Å². The van der Waals surface area contributed by atoms with Crippen molar-refractivity contribution in [2.24, 2.45) is 0 Å². The Hall–Kier alpha value is -0.940. The van der Waals surface area contributed by atoms with E-state index in [1.807, 2.05) is 0 Å². The molecule has 0 bridgehead atoms. The summed E-state index contributed by atoms with van der Waals surface area (Å²) in [6, 6.07) is 3.13. The Bertz CT molecular complexity index is 342. The molecule has 1 aromatic rings. The number of carbonyl (C=O) groups excluding carboxylic acids is 2. The van der Waals surface area contributed by atoms with Gasteiger partial charge in [0, 0.05) is 7.11 Å². The summed E-state index contributed by atoms with van der Waals surface area (Å²) in [4.78, 5) is 22.4. The maximum Gasteiger partial charge on any atom is 0.205 e. The molecule has 0 aliphatic heterocycles. The Balaban J connectivity index is 2.55. The molecule has 5 heteroatoms. The van der Waals surface area contributed by atoms with E-state index >= 15 is 0 Å². The van der Waals surface area contributed by atoms with E-state index < -0.39 is 0 Å². The quantitative estimate of drug-likeness (QED) is 0.599. The number of rotatable bonds is 5. The molecule has 0 spiro atoms. The molecular formula is C9H9BrO4. The van der Waals surface area contributed by atoms with Gasteiger partial charge in [-0.3, -0.25) is 9.59 Å². The number of hydrogen-bond acceptors (Lipinski definition) is 4. The second kappa shape index (κ2) is 5.07. The molecule has 76 valence electrons. The van der Waals surface area contributed by atoms with Crippen molar-refractivity contribution in [2.75, 3.05) is 13.7 Å². The topological polar surface area (TPSA) is 56.5 Å². The lowest BCUT2D eigenvalue weighted by atomic mass is 10.2. The highest BCUT2D eigenvalue weighted by molar-refractivity contribution is 9.10. The van der Waals surface area contributed by atoms with Crippen LogP contribution in [-0.2, 0) is 9.53 Å². The molecule has 1 aromatic heterocycles. The first-order valence-corrected chi connectivity index (χ1v) is 4.72. The SMILES string of the molecule is COCC(=O)CC(=O)c1ccc(Br)o1. The van der Waals surface area contributed by atoms with Gasteiger partial charge in [0.1, 0.15) is 6.61 Å². The molecule has 0 amide bonds. The molecule has 1 rings (SSSR count). The summed E-state index contributed by atoms with van der Waals surface area (Å²) in [5.41, 5.74) is 0. The second-order valence-electron chi connectivity index (χ2n) is 2.68. The van der Waals surface area contributed by atoms with Gasteiger partial charge >= 0.3 is 0 Å². The molecule has 0 fully saturated rings. The van der Waals surface area contributed by atoms with E-state index in [1.165, 1.54) is 13.2 Å². The molecule has 1 heterocycles. The molecule has 0 N–H and O–H groups in total. The van der Waals surface area contributed by atoms with Crippen LogP contribution in [0.4, 0.5) is 0 Å². The molecule has 0 saturated heterocycles. The number of carbonyl (C=O) groups is 2. The smallest absolute Gasteiger partial charge is 0.205 e. The number of hydrogen-bond donors (Lipinski definition) is 0. The monoisotopic (exact) mass is 260 g/mol. The van der Waals surface area contributed by atoms with Crippen molar-refractivity contribution in [3.8, 4) is 0 Å². The Labute approximate surface area is 89.4 Å². The molecule has 0 atom stereocenters. The molecular weight excluding hydrogens is 252 g/mol. The van der Waals surface area contributed by atoms with Crippen molar-refractivity contribution in [2.45, 2.75) is 6.42 Å². The lowest BCUT2D eigenvalue weighted by Gasteiger charge is -1.96. The van der Waals surface area contributed by atoms with Crippen molar-refractivity contribution in [3.63, 3.8) is 0 Å². The van der Waals surface area contributed by atoms with Gasteiger partial charge in [-0.1, -0.05) is 0 Å². The standard InChI is InChI=1S/C9H9BrO4/c1-13-5-6(11)4-7(12)8-2-3-9(10)14-8/h2-3H,4-5H2,1H3. The van der Waals surface area contributed by atoms with E-state index in [-0.39, 0.29) is 30.4 Å². The fraction of sp³-hybridized carbons (Fsp3) is 0.333. The van der Waals surface area contributed by atoms with Gasteiger partial charge in [-0.2, -0.15) is 0 Å². The van der Waals surface area contributed by atoms with Crippen molar-refractivity contribution < 1.29 is 18.7 Å². The van der Waals surface area contributed by atoms with Crippen LogP contribution in [-0.4, -0.2) is 25.3 Å². The van der Waals surface area contributed by atoms with E-state index in [1.54, 1.807) is 6.07 Å². The summed E-state index contributed by atoms with van der Waals surface area (Å²) in [6.07, 6.45) is -0.187. The molecule has 0 radical (unpaired) electrons. The summed E-state index contributed by atoms with van der Waals surface area (Å²) in [5.74, 6) is -0.413. The van der Waals surface area contributed by atoms with Crippen molar-refractivity contribution in [1.29, 1.82) is 0 Å². The van der Waals surface area contributed by atoms with Crippen LogP contribution in [0.5, 0.6) is 0 Å². The van der Waals surface area contributed by atoms with Crippen LogP contribution in [0.1, 0.15) is 17.0 Å². The number of Topliss-reactive ketones (excluding diaryl/α,β-unsaturated/α-hetero) is 2. The van der Waals surface area contributed by atoms with E-state index in [2.05, 4.69) is 20.7 Å². The molecule has 0 aliphatic carbocycles. The zero-order valence-corrected chi connectivity index (χ0v) is 9.17. The highest BCUT2D eigenvalue weighted by atomic mass is 79.9. The van der Waals surface area contributed by atoms with Gasteiger partial charge in [-0.05, 0) is 28.1 Å². The highest BCUT2D eigenvalue weighted by Gasteiger charge is 2.14. The van der Waals surface area contributed by atoms with E-state index in [9.17, 15) is 9.59 Å². The molecule has 0 aromatic carbocycles. The molecule has 0 aliphatic rings. The van der Waals surface area contributed by atoms with E-state index in [0.717, 1.165) is 0 Å². The van der Waals surface area contributed by atoms with Crippen LogP contribution in [0.25, 0.3) is 0 Å². The Kier molecular flexibility index (Phi) is 4.03. The minimum Gasteiger partial charge on any atom is -0.446 e. The Morgan fingerprint density at radius 2 is 2.21 bits per heavy atom. The third kappa shape index (κ3) is 3.08. The third-order valence-corrected chi connectivity index (χ3v) is 1.94. The predicted molar refractivity (Wildman–Crippen MR) is 52.2 cm³/mol. The largest absolute Gasteiger partial charge is 0.446 e. The maximum absolute atomic E-state index is 11.4. The third-order valence-electron chi connectivity index (χ3n) is 1.51. The number of ketones is 2. The fourth-order valence-electron chi connectivity index (χ4n) is 0.942. The fourth-order valence-corrected chi connectivity index (χ4v) is 1.25. The zero-order chi connectivity index (χ0) is 10.6. The van der Waals surface area contributed by atoms with Gasteiger partial charge in [-0.25, -0.2) is 0 Å². The zero-order valence-electron chi connectivity index (χ0n) is 7.58. The first-order valence-electron chi connectivity index (χ1n) is 3.92. The molecule has 0 saturated carbocycles. The minimum atomic E-state index is -0.335. The summed E-state index contributed by atoms with van der Waals surface area (Å²) >= 11 is 3.07. The highest BCUT2D eigenvalue weighted by Crippen LogP contribution is 2.15. The van der Waals surface area contributed by atoms with Crippen LogP contribution in [0.2, 0.25) is 0 Å². The Morgan fingerprint density at radius 3 is 2.71 bits per heavy atom. The lowest BCUT2D eigenvalue weighted by molar-refractivity contribution is -0.121. The van der Waals surface area contributed by atoms with Crippen LogP contribution < -0.4 is 0 Å². The molecule has 14 heavy (non-hydrogen) atoms. The van der Waals surface area contributed by atoms with Gasteiger partial charge in [-0.15, -0.1) is 0 Å².